The van der Waals surface area contributed by atoms with Gasteiger partial charge in [-0.15, -0.1) is 0 Å². The zero-order valence-electron chi connectivity index (χ0n) is 8.70. The quantitative estimate of drug-likeness (QED) is 0.865. The van der Waals surface area contributed by atoms with Crippen LogP contribution < -0.4 is 5.32 Å². The van der Waals surface area contributed by atoms with Gasteiger partial charge in [0.2, 0.25) is 0 Å². The molecule has 0 aliphatic carbocycles. The summed E-state index contributed by atoms with van der Waals surface area (Å²) in [6.07, 6.45) is 2.90. The van der Waals surface area contributed by atoms with Gasteiger partial charge in [0, 0.05) is 10.7 Å². The number of anilines is 1. The standard InChI is InChI=1S/C10H7BrClN3O2/c1-5-7(4-14-17-5)10(16)15-8-2-6(11)3-13-9(8)12/h2-4H,1H3,(H,15,16). The number of rotatable bonds is 2. The summed E-state index contributed by atoms with van der Waals surface area (Å²) in [6.45, 7) is 1.66. The van der Waals surface area contributed by atoms with E-state index in [0.717, 1.165) is 4.47 Å². The van der Waals surface area contributed by atoms with Crippen molar-refractivity contribution in [1.82, 2.24) is 10.1 Å². The molecule has 0 aliphatic heterocycles. The Balaban J connectivity index is 2.24. The largest absolute Gasteiger partial charge is 0.361 e. The van der Waals surface area contributed by atoms with E-state index in [1.165, 1.54) is 6.20 Å². The van der Waals surface area contributed by atoms with E-state index < -0.39 is 0 Å². The fourth-order valence-electron chi connectivity index (χ4n) is 1.22. The van der Waals surface area contributed by atoms with Gasteiger partial charge in [-0.3, -0.25) is 4.79 Å². The second-order valence-corrected chi connectivity index (χ2v) is 4.52. The summed E-state index contributed by atoms with van der Waals surface area (Å²) in [6, 6.07) is 1.66. The summed E-state index contributed by atoms with van der Waals surface area (Å²) < 4.78 is 5.53. The summed E-state index contributed by atoms with van der Waals surface area (Å²) >= 11 is 9.10. The Hall–Kier alpha value is -1.40. The van der Waals surface area contributed by atoms with Crippen molar-refractivity contribution < 1.29 is 9.32 Å². The van der Waals surface area contributed by atoms with Crippen molar-refractivity contribution in [3.8, 4) is 0 Å². The molecule has 0 atom stereocenters. The van der Waals surface area contributed by atoms with Crippen LogP contribution in [0.5, 0.6) is 0 Å². The van der Waals surface area contributed by atoms with Gasteiger partial charge in [0.15, 0.2) is 5.15 Å². The molecule has 0 aliphatic rings. The lowest BCUT2D eigenvalue weighted by atomic mass is 10.2. The third kappa shape index (κ3) is 2.65. The van der Waals surface area contributed by atoms with Gasteiger partial charge < -0.3 is 9.84 Å². The maximum Gasteiger partial charge on any atom is 0.260 e. The highest BCUT2D eigenvalue weighted by molar-refractivity contribution is 9.10. The minimum atomic E-state index is -0.342. The van der Waals surface area contributed by atoms with Crippen LogP contribution in [-0.4, -0.2) is 16.0 Å². The minimum Gasteiger partial charge on any atom is -0.361 e. The first-order chi connectivity index (χ1) is 8.08. The van der Waals surface area contributed by atoms with Crippen molar-refractivity contribution in [2.45, 2.75) is 6.92 Å². The van der Waals surface area contributed by atoms with Crippen LogP contribution in [0.3, 0.4) is 0 Å². The molecule has 7 heteroatoms. The van der Waals surface area contributed by atoms with Crippen LogP contribution in [0.15, 0.2) is 27.5 Å². The summed E-state index contributed by atoms with van der Waals surface area (Å²) in [4.78, 5) is 15.7. The summed E-state index contributed by atoms with van der Waals surface area (Å²) in [5.74, 6) is 0.104. The van der Waals surface area contributed by atoms with Crippen LogP contribution in [0.2, 0.25) is 5.15 Å². The first kappa shape index (κ1) is 12.1. The lowest BCUT2D eigenvalue weighted by molar-refractivity contribution is 0.102. The van der Waals surface area contributed by atoms with E-state index in [1.807, 2.05) is 0 Å². The number of amides is 1. The van der Waals surface area contributed by atoms with Crippen molar-refractivity contribution in [2.75, 3.05) is 5.32 Å². The number of carbonyl (C=O) groups excluding carboxylic acids is 1. The third-order valence-corrected chi connectivity index (χ3v) is 2.78. The number of aryl methyl sites for hydroxylation is 1. The van der Waals surface area contributed by atoms with E-state index in [0.29, 0.717) is 17.0 Å². The van der Waals surface area contributed by atoms with Gasteiger partial charge in [-0.25, -0.2) is 4.98 Å². The molecule has 2 aromatic heterocycles. The molecule has 0 fully saturated rings. The first-order valence-electron chi connectivity index (χ1n) is 4.61. The van der Waals surface area contributed by atoms with Crippen molar-refractivity contribution >= 4 is 39.1 Å². The molecule has 2 rings (SSSR count). The molecule has 0 saturated carbocycles. The fraction of sp³-hybridized carbons (Fsp3) is 0.100. The zero-order valence-corrected chi connectivity index (χ0v) is 11.0. The number of aromatic nitrogens is 2. The number of hydrogen-bond acceptors (Lipinski definition) is 4. The maximum absolute atomic E-state index is 11.8. The van der Waals surface area contributed by atoms with E-state index in [1.54, 1.807) is 19.2 Å². The Morgan fingerprint density at radius 2 is 2.29 bits per heavy atom. The average molecular weight is 317 g/mol. The molecule has 0 spiro atoms. The summed E-state index contributed by atoms with van der Waals surface area (Å²) in [5.41, 5.74) is 0.785. The van der Waals surface area contributed by atoms with Crippen LogP contribution >= 0.6 is 27.5 Å². The van der Waals surface area contributed by atoms with E-state index in [2.05, 4.69) is 31.4 Å². The molecule has 5 nitrogen and oxygen atoms in total. The van der Waals surface area contributed by atoms with Gasteiger partial charge in [-0.1, -0.05) is 16.8 Å². The van der Waals surface area contributed by atoms with Crippen molar-refractivity contribution in [3.05, 3.63) is 39.4 Å². The Bertz CT molecular complexity index is 570. The average Bonchev–Trinajstić information content (AvgIpc) is 2.70. The van der Waals surface area contributed by atoms with Crippen LogP contribution in [0, 0.1) is 6.92 Å². The summed E-state index contributed by atoms with van der Waals surface area (Å²) in [7, 11) is 0. The molecule has 1 N–H and O–H groups in total. The monoisotopic (exact) mass is 315 g/mol. The molecular formula is C10H7BrClN3O2. The van der Waals surface area contributed by atoms with Crippen LogP contribution in [0.4, 0.5) is 5.69 Å². The Labute approximate surface area is 110 Å². The number of hydrogen-bond donors (Lipinski definition) is 1. The number of pyridine rings is 1. The SMILES string of the molecule is Cc1oncc1C(=O)Nc1cc(Br)cnc1Cl. The highest BCUT2D eigenvalue weighted by Gasteiger charge is 2.14. The van der Waals surface area contributed by atoms with Gasteiger partial charge in [0.1, 0.15) is 11.3 Å². The van der Waals surface area contributed by atoms with Crippen molar-refractivity contribution in [2.24, 2.45) is 0 Å². The predicted octanol–water partition coefficient (Wildman–Crippen LogP) is 3.05. The van der Waals surface area contributed by atoms with E-state index in [9.17, 15) is 4.79 Å². The molecule has 0 unspecified atom stereocenters. The number of nitrogens with zero attached hydrogens (tertiary/aromatic N) is 2. The molecule has 17 heavy (non-hydrogen) atoms. The van der Waals surface area contributed by atoms with Gasteiger partial charge in [-0.2, -0.15) is 0 Å². The van der Waals surface area contributed by atoms with Gasteiger partial charge in [-0.05, 0) is 28.9 Å². The lowest BCUT2D eigenvalue weighted by Crippen LogP contribution is -2.12. The van der Waals surface area contributed by atoms with Crippen molar-refractivity contribution in [1.29, 1.82) is 0 Å². The van der Waals surface area contributed by atoms with Crippen LogP contribution in [0.1, 0.15) is 16.1 Å². The Morgan fingerprint density at radius 1 is 1.53 bits per heavy atom. The molecule has 1 amide bonds. The highest BCUT2D eigenvalue weighted by Crippen LogP contribution is 2.23. The normalized spacial score (nSPS) is 10.3. The van der Waals surface area contributed by atoms with E-state index in [-0.39, 0.29) is 11.1 Å². The molecule has 2 heterocycles. The number of halogens is 2. The maximum atomic E-state index is 11.8. The van der Waals surface area contributed by atoms with Gasteiger partial charge in [0.05, 0.1) is 11.9 Å². The van der Waals surface area contributed by atoms with Gasteiger partial charge >= 0.3 is 0 Å². The topological polar surface area (TPSA) is 68.0 Å². The number of carbonyl (C=O) groups is 1. The van der Waals surface area contributed by atoms with Crippen LogP contribution in [-0.2, 0) is 0 Å². The second-order valence-electron chi connectivity index (χ2n) is 3.24. The van der Waals surface area contributed by atoms with Crippen molar-refractivity contribution in [3.63, 3.8) is 0 Å². The lowest BCUT2D eigenvalue weighted by Gasteiger charge is -2.05. The molecule has 0 saturated heterocycles. The molecule has 88 valence electrons. The molecule has 0 bridgehead atoms. The van der Waals surface area contributed by atoms with E-state index >= 15 is 0 Å². The first-order valence-corrected chi connectivity index (χ1v) is 5.78. The third-order valence-electron chi connectivity index (χ3n) is 2.05. The fourth-order valence-corrected chi connectivity index (χ4v) is 1.70. The minimum absolute atomic E-state index is 0.218. The van der Waals surface area contributed by atoms with E-state index in [4.69, 9.17) is 16.1 Å². The predicted molar refractivity (Wildman–Crippen MR) is 66.1 cm³/mol. The zero-order chi connectivity index (χ0) is 12.4. The van der Waals surface area contributed by atoms with Crippen LogP contribution in [0.25, 0.3) is 0 Å². The second kappa shape index (κ2) is 4.85. The highest BCUT2D eigenvalue weighted by atomic mass is 79.9. The van der Waals surface area contributed by atoms with Gasteiger partial charge in [0.25, 0.3) is 5.91 Å². The number of nitrogens with one attached hydrogen (secondary N) is 1. The molecule has 2 aromatic rings. The Kier molecular flexibility index (Phi) is 3.44. The molecule has 0 radical (unpaired) electrons. The Morgan fingerprint density at radius 3 is 2.94 bits per heavy atom. The molecule has 0 aromatic carbocycles. The smallest absolute Gasteiger partial charge is 0.260 e. The molecular weight excluding hydrogens is 309 g/mol. The summed E-state index contributed by atoms with van der Waals surface area (Å²) in [5, 5.41) is 6.38.